The Hall–Kier alpha value is -1.65. The van der Waals surface area contributed by atoms with Crippen LogP contribution in [0.15, 0.2) is 36.8 Å². The molecular formula is C13H17N3O. The van der Waals surface area contributed by atoms with Crippen LogP contribution in [0.25, 0.3) is 0 Å². The Bertz CT molecular complexity index is 493. The number of benzene rings is 1. The minimum absolute atomic E-state index is 0.0700. The van der Waals surface area contributed by atoms with E-state index in [-0.39, 0.29) is 12.6 Å². The number of nitrogens with zero attached hydrogens (tertiary/aromatic N) is 2. The van der Waals surface area contributed by atoms with E-state index in [1.54, 1.807) is 12.5 Å². The standard InChI is InChI=1S/C13H17N3O/c1-10-4-2-3-5-11(10)7-16-9-15-6-13(16)12(14)8-17/h2-6,9,12,17H,7-8,14H2,1H3. The minimum atomic E-state index is -0.374. The average Bonchev–Trinajstić information content (AvgIpc) is 2.79. The van der Waals surface area contributed by atoms with Crippen LogP contribution in [0, 0.1) is 6.92 Å². The highest BCUT2D eigenvalue weighted by atomic mass is 16.3. The van der Waals surface area contributed by atoms with E-state index in [4.69, 9.17) is 10.8 Å². The minimum Gasteiger partial charge on any atom is -0.394 e. The normalized spacial score (nSPS) is 12.6. The van der Waals surface area contributed by atoms with Gasteiger partial charge in [-0.25, -0.2) is 4.98 Å². The van der Waals surface area contributed by atoms with Crippen molar-refractivity contribution in [2.24, 2.45) is 5.73 Å². The number of rotatable bonds is 4. The smallest absolute Gasteiger partial charge is 0.0951 e. The third kappa shape index (κ3) is 2.54. The second-order valence-electron chi connectivity index (χ2n) is 4.16. The van der Waals surface area contributed by atoms with Crippen LogP contribution in [0.4, 0.5) is 0 Å². The van der Waals surface area contributed by atoms with Crippen molar-refractivity contribution in [3.05, 3.63) is 53.6 Å². The molecule has 17 heavy (non-hydrogen) atoms. The highest BCUT2D eigenvalue weighted by Crippen LogP contribution is 2.14. The molecule has 4 heteroatoms. The van der Waals surface area contributed by atoms with Crippen molar-refractivity contribution >= 4 is 0 Å². The van der Waals surface area contributed by atoms with E-state index in [2.05, 4.69) is 24.0 Å². The Labute approximate surface area is 101 Å². The summed E-state index contributed by atoms with van der Waals surface area (Å²) in [5, 5.41) is 9.09. The van der Waals surface area contributed by atoms with Crippen molar-refractivity contribution < 1.29 is 5.11 Å². The molecule has 1 aromatic heterocycles. The summed E-state index contributed by atoms with van der Waals surface area (Å²) in [4.78, 5) is 4.09. The molecule has 2 aromatic rings. The molecule has 0 amide bonds. The zero-order valence-electron chi connectivity index (χ0n) is 9.87. The molecule has 1 atom stereocenters. The van der Waals surface area contributed by atoms with Gasteiger partial charge >= 0.3 is 0 Å². The van der Waals surface area contributed by atoms with Gasteiger partial charge in [0.25, 0.3) is 0 Å². The summed E-state index contributed by atoms with van der Waals surface area (Å²) in [6.45, 7) is 2.74. The van der Waals surface area contributed by atoms with Gasteiger partial charge in [-0.3, -0.25) is 0 Å². The van der Waals surface area contributed by atoms with Crippen LogP contribution in [-0.2, 0) is 6.54 Å². The molecule has 0 radical (unpaired) electrons. The molecule has 1 heterocycles. The summed E-state index contributed by atoms with van der Waals surface area (Å²) in [6, 6.07) is 7.83. The number of imidazole rings is 1. The highest BCUT2D eigenvalue weighted by molar-refractivity contribution is 5.26. The van der Waals surface area contributed by atoms with Crippen LogP contribution >= 0.6 is 0 Å². The van der Waals surface area contributed by atoms with Gasteiger partial charge in [0, 0.05) is 12.7 Å². The van der Waals surface area contributed by atoms with E-state index in [0.29, 0.717) is 0 Å². The molecule has 2 rings (SSSR count). The largest absolute Gasteiger partial charge is 0.394 e. The van der Waals surface area contributed by atoms with Gasteiger partial charge < -0.3 is 15.4 Å². The lowest BCUT2D eigenvalue weighted by Gasteiger charge is -2.13. The lowest BCUT2D eigenvalue weighted by molar-refractivity contribution is 0.263. The monoisotopic (exact) mass is 231 g/mol. The second-order valence-corrected chi connectivity index (χ2v) is 4.16. The first-order valence-electron chi connectivity index (χ1n) is 5.63. The van der Waals surface area contributed by atoms with E-state index in [1.165, 1.54) is 11.1 Å². The molecule has 3 N–H and O–H groups in total. The van der Waals surface area contributed by atoms with E-state index < -0.39 is 0 Å². The summed E-state index contributed by atoms with van der Waals surface area (Å²) in [6.07, 6.45) is 3.45. The molecule has 0 bridgehead atoms. The van der Waals surface area contributed by atoms with E-state index in [9.17, 15) is 0 Å². The Morgan fingerprint density at radius 3 is 2.88 bits per heavy atom. The molecule has 1 unspecified atom stereocenters. The second kappa shape index (κ2) is 5.12. The van der Waals surface area contributed by atoms with Gasteiger partial charge in [-0.15, -0.1) is 0 Å². The zero-order valence-corrected chi connectivity index (χ0v) is 9.87. The number of aliphatic hydroxyl groups excluding tert-OH is 1. The predicted octanol–water partition coefficient (Wildman–Crippen LogP) is 1.23. The van der Waals surface area contributed by atoms with E-state index in [0.717, 1.165) is 12.2 Å². The Morgan fingerprint density at radius 2 is 2.18 bits per heavy atom. The number of nitrogens with two attached hydrogens (primary N) is 1. The van der Waals surface area contributed by atoms with Crippen LogP contribution in [0.2, 0.25) is 0 Å². The fourth-order valence-electron chi connectivity index (χ4n) is 1.84. The molecule has 0 spiro atoms. The zero-order chi connectivity index (χ0) is 12.3. The van der Waals surface area contributed by atoms with E-state index >= 15 is 0 Å². The van der Waals surface area contributed by atoms with Crippen molar-refractivity contribution in [3.63, 3.8) is 0 Å². The topological polar surface area (TPSA) is 64.1 Å². The lowest BCUT2D eigenvalue weighted by Crippen LogP contribution is -2.19. The third-order valence-corrected chi connectivity index (χ3v) is 2.92. The summed E-state index contributed by atoms with van der Waals surface area (Å²) in [7, 11) is 0. The maximum absolute atomic E-state index is 9.09. The lowest BCUT2D eigenvalue weighted by atomic mass is 10.1. The van der Waals surface area contributed by atoms with Gasteiger partial charge in [-0.1, -0.05) is 24.3 Å². The van der Waals surface area contributed by atoms with Crippen LogP contribution in [0.1, 0.15) is 22.9 Å². The Morgan fingerprint density at radius 1 is 1.41 bits per heavy atom. The average molecular weight is 231 g/mol. The maximum atomic E-state index is 9.09. The number of hydrogen-bond acceptors (Lipinski definition) is 3. The van der Waals surface area contributed by atoms with Crippen LogP contribution in [-0.4, -0.2) is 21.3 Å². The molecule has 0 aliphatic rings. The van der Waals surface area contributed by atoms with Crippen molar-refractivity contribution in [1.82, 2.24) is 9.55 Å². The molecule has 0 fully saturated rings. The van der Waals surface area contributed by atoms with Gasteiger partial charge in [0.05, 0.1) is 24.7 Å². The molecule has 0 saturated heterocycles. The van der Waals surface area contributed by atoms with Crippen LogP contribution < -0.4 is 5.73 Å². The summed E-state index contributed by atoms with van der Waals surface area (Å²) < 4.78 is 1.98. The predicted molar refractivity (Wildman–Crippen MR) is 66.5 cm³/mol. The van der Waals surface area contributed by atoms with Gasteiger partial charge in [0.15, 0.2) is 0 Å². The fourth-order valence-corrected chi connectivity index (χ4v) is 1.84. The van der Waals surface area contributed by atoms with Crippen molar-refractivity contribution in [2.45, 2.75) is 19.5 Å². The van der Waals surface area contributed by atoms with Crippen molar-refractivity contribution in [3.8, 4) is 0 Å². The molecular weight excluding hydrogens is 214 g/mol. The van der Waals surface area contributed by atoms with Crippen molar-refractivity contribution in [2.75, 3.05) is 6.61 Å². The first-order valence-corrected chi connectivity index (χ1v) is 5.63. The number of aryl methyl sites for hydroxylation is 1. The molecule has 0 saturated carbocycles. The molecule has 90 valence electrons. The van der Waals surface area contributed by atoms with Gasteiger partial charge in [-0.2, -0.15) is 0 Å². The summed E-state index contributed by atoms with van der Waals surface area (Å²) in [5.74, 6) is 0. The molecule has 4 nitrogen and oxygen atoms in total. The van der Waals surface area contributed by atoms with Crippen molar-refractivity contribution in [1.29, 1.82) is 0 Å². The highest BCUT2D eigenvalue weighted by Gasteiger charge is 2.10. The van der Waals surface area contributed by atoms with Crippen LogP contribution in [0.5, 0.6) is 0 Å². The molecule has 0 aliphatic heterocycles. The van der Waals surface area contributed by atoms with Crippen LogP contribution in [0.3, 0.4) is 0 Å². The number of aliphatic hydroxyl groups is 1. The van der Waals surface area contributed by atoms with Gasteiger partial charge in [0.2, 0.25) is 0 Å². The fraction of sp³-hybridized carbons (Fsp3) is 0.308. The Balaban J connectivity index is 2.25. The first kappa shape index (κ1) is 11.8. The third-order valence-electron chi connectivity index (χ3n) is 2.92. The molecule has 1 aromatic carbocycles. The van der Waals surface area contributed by atoms with Gasteiger partial charge in [-0.05, 0) is 18.1 Å². The number of aromatic nitrogens is 2. The Kier molecular flexibility index (Phi) is 3.56. The maximum Gasteiger partial charge on any atom is 0.0951 e. The first-order chi connectivity index (χ1) is 8.22. The number of hydrogen-bond donors (Lipinski definition) is 2. The summed E-state index contributed by atoms with van der Waals surface area (Å²) in [5.41, 5.74) is 9.15. The summed E-state index contributed by atoms with van der Waals surface area (Å²) >= 11 is 0. The van der Waals surface area contributed by atoms with E-state index in [1.807, 2.05) is 16.7 Å². The SMILES string of the molecule is Cc1ccccc1Cn1cncc1C(N)CO. The molecule has 0 aliphatic carbocycles. The quantitative estimate of drug-likeness (QED) is 0.832. The van der Waals surface area contributed by atoms with Gasteiger partial charge in [0.1, 0.15) is 0 Å².